The summed E-state index contributed by atoms with van der Waals surface area (Å²) in [5.74, 6) is -0.711. The van der Waals surface area contributed by atoms with Gasteiger partial charge in [-0.1, -0.05) is 30.3 Å². The molecule has 1 saturated heterocycles. The molecule has 1 saturated carbocycles. The fourth-order valence-electron chi connectivity index (χ4n) is 3.93. The fraction of sp³-hybridized carbons (Fsp3) is 0.579. The van der Waals surface area contributed by atoms with E-state index in [2.05, 4.69) is 0 Å². The molecule has 0 bridgehead atoms. The van der Waals surface area contributed by atoms with Gasteiger partial charge in [-0.15, -0.1) is 0 Å². The molecule has 1 aliphatic heterocycles. The summed E-state index contributed by atoms with van der Waals surface area (Å²) >= 11 is 0. The van der Waals surface area contributed by atoms with Gasteiger partial charge in [0.15, 0.2) is 0 Å². The van der Waals surface area contributed by atoms with Gasteiger partial charge in [0.2, 0.25) is 5.91 Å². The Balaban J connectivity index is 1.67. The van der Waals surface area contributed by atoms with Crippen LogP contribution in [0.3, 0.4) is 0 Å². The first kappa shape index (κ1) is 17.0. The third kappa shape index (κ3) is 2.93. The third-order valence-electron chi connectivity index (χ3n) is 5.88. The van der Waals surface area contributed by atoms with Crippen LogP contribution in [0.5, 0.6) is 0 Å². The Morgan fingerprint density at radius 1 is 1.12 bits per heavy atom. The summed E-state index contributed by atoms with van der Waals surface area (Å²) < 4.78 is 5.54. The lowest BCUT2D eigenvalue weighted by Crippen LogP contribution is -2.51. The van der Waals surface area contributed by atoms with E-state index >= 15 is 0 Å². The molecule has 1 amide bonds. The number of amides is 1. The lowest BCUT2D eigenvalue weighted by molar-refractivity contribution is -0.152. The minimum atomic E-state index is -0.881. The zero-order valence-electron chi connectivity index (χ0n) is 14.2. The van der Waals surface area contributed by atoms with E-state index in [9.17, 15) is 14.7 Å². The van der Waals surface area contributed by atoms with Crippen molar-refractivity contribution in [3.05, 3.63) is 35.9 Å². The van der Waals surface area contributed by atoms with Crippen LogP contribution in [0.1, 0.15) is 44.1 Å². The number of rotatable bonds is 5. The van der Waals surface area contributed by atoms with E-state index in [4.69, 9.17) is 4.74 Å². The van der Waals surface area contributed by atoms with Crippen LogP contribution in [-0.2, 0) is 19.7 Å². The molecule has 2 fully saturated rings. The van der Waals surface area contributed by atoms with Crippen molar-refractivity contribution in [1.82, 2.24) is 4.90 Å². The summed E-state index contributed by atoms with van der Waals surface area (Å²) in [7, 11) is 1.67. The minimum absolute atomic E-state index is 0.0867. The summed E-state index contributed by atoms with van der Waals surface area (Å²) in [6, 6.07) is 9.38. The second-order valence-corrected chi connectivity index (χ2v) is 7.05. The van der Waals surface area contributed by atoms with E-state index in [0.717, 1.165) is 24.8 Å². The lowest BCUT2D eigenvalue weighted by Gasteiger charge is -2.43. The molecular weight excluding hydrogens is 306 g/mol. The van der Waals surface area contributed by atoms with Crippen molar-refractivity contribution in [2.75, 3.05) is 20.2 Å². The maximum atomic E-state index is 12.6. The molecule has 5 heteroatoms. The largest absolute Gasteiger partial charge is 0.481 e. The van der Waals surface area contributed by atoms with Gasteiger partial charge < -0.3 is 14.7 Å². The fourth-order valence-corrected chi connectivity index (χ4v) is 3.93. The van der Waals surface area contributed by atoms with Gasteiger partial charge in [-0.2, -0.15) is 0 Å². The number of methoxy groups -OCH3 is 1. The van der Waals surface area contributed by atoms with Crippen LogP contribution < -0.4 is 0 Å². The highest BCUT2D eigenvalue weighted by atomic mass is 16.5. The van der Waals surface area contributed by atoms with Crippen molar-refractivity contribution in [2.45, 2.75) is 49.5 Å². The Morgan fingerprint density at radius 2 is 1.75 bits per heavy atom. The van der Waals surface area contributed by atoms with Crippen molar-refractivity contribution >= 4 is 11.9 Å². The second kappa shape index (κ2) is 6.55. The second-order valence-electron chi connectivity index (χ2n) is 7.05. The van der Waals surface area contributed by atoms with E-state index < -0.39 is 11.4 Å². The highest BCUT2D eigenvalue weighted by Crippen LogP contribution is 2.40. The molecule has 1 N–H and O–H groups in total. The van der Waals surface area contributed by atoms with Crippen LogP contribution in [0.25, 0.3) is 0 Å². The summed E-state index contributed by atoms with van der Waals surface area (Å²) in [5, 5.41) is 9.82. The van der Waals surface area contributed by atoms with Gasteiger partial charge in [0.1, 0.15) is 0 Å². The van der Waals surface area contributed by atoms with Gasteiger partial charge in [-0.05, 0) is 37.7 Å². The third-order valence-corrected chi connectivity index (χ3v) is 5.88. The minimum Gasteiger partial charge on any atom is -0.481 e. The number of benzene rings is 1. The number of piperidine rings is 1. The number of hydrogen-bond acceptors (Lipinski definition) is 3. The van der Waals surface area contributed by atoms with Crippen LogP contribution >= 0.6 is 0 Å². The summed E-state index contributed by atoms with van der Waals surface area (Å²) in [5.41, 5.74) is -0.331. The van der Waals surface area contributed by atoms with E-state index in [0.29, 0.717) is 32.4 Å². The van der Waals surface area contributed by atoms with Crippen LogP contribution in [0, 0.1) is 0 Å². The number of carboxylic acids is 1. The maximum Gasteiger partial charge on any atom is 0.314 e. The van der Waals surface area contributed by atoms with Gasteiger partial charge >= 0.3 is 5.97 Å². The molecule has 1 heterocycles. The van der Waals surface area contributed by atoms with E-state index in [1.54, 1.807) is 7.11 Å². The molecule has 0 atom stereocenters. The zero-order valence-corrected chi connectivity index (χ0v) is 14.2. The zero-order chi connectivity index (χ0) is 17.2. The first-order valence-electron chi connectivity index (χ1n) is 8.63. The Bertz CT molecular complexity index is 596. The molecule has 130 valence electrons. The van der Waals surface area contributed by atoms with Gasteiger partial charge in [-0.25, -0.2) is 0 Å². The number of carboxylic acid groups (broad SMARTS) is 1. The first-order chi connectivity index (χ1) is 11.5. The first-order valence-corrected chi connectivity index (χ1v) is 8.63. The molecular formula is C19H25NO4. The lowest BCUT2D eigenvalue weighted by atomic mass is 9.72. The number of nitrogens with zero attached hydrogens (tertiary/aromatic N) is 1. The predicted molar refractivity (Wildman–Crippen MR) is 89.8 cm³/mol. The summed E-state index contributed by atoms with van der Waals surface area (Å²) in [4.78, 5) is 26.4. The highest BCUT2D eigenvalue weighted by Gasteiger charge is 2.45. The van der Waals surface area contributed by atoms with Crippen LogP contribution in [0.2, 0.25) is 0 Å². The Labute approximate surface area is 142 Å². The average molecular weight is 331 g/mol. The van der Waals surface area contributed by atoms with Crippen LogP contribution in [0.4, 0.5) is 0 Å². The molecule has 1 aromatic carbocycles. The average Bonchev–Trinajstić information content (AvgIpc) is 2.58. The van der Waals surface area contributed by atoms with Gasteiger partial charge in [0.05, 0.1) is 17.4 Å². The number of aliphatic carboxylic acids is 1. The quantitative estimate of drug-likeness (QED) is 0.900. The smallest absolute Gasteiger partial charge is 0.314 e. The molecule has 24 heavy (non-hydrogen) atoms. The molecule has 0 spiro atoms. The van der Waals surface area contributed by atoms with Gasteiger partial charge in [0.25, 0.3) is 0 Å². The highest BCUT2D eigenvalue weighted by molar-refractivity contribution is 5.83. The van der Waals surface area contributed by atoms with Gasteiger partial charge in [-0.3, -0.25) is 9.59 Å². The van der Waals surface area contributed by atoms with Crippen molar-refractivity contribution in [3.63, 3.8) is 0 Å². The van der Waals surface area contributed by atoms with Crippen LogP contribution in [0.15, 0.2) is 30.3 Å². The standard InChI is InChI=1S/C19H25NO4/c1-24-18(8-5-9-18)14-16(21)20-12-10-19(11-13-20,17(22)23)15-6-3-2-4-7-15/h2-4,6-7H,5,8-14H2,1H3,(H,22,23). The number of carbonyl (C=O) groups is 2. The van der Waals surface area contributed by atoms with Crippen molar-refractivity contribution in [2.24, 2.45) is 0 Å². The molecule has 1 aliphatic carbocycles. The number of hydrogen-bond donors (Lipinski definition) is 1. The van der Waals surface area contributed by atoms with Gasteiger partial charge in [0, 0.05) is 20.2 Å². The number of likely N-dealkylation sites (tertiary alicyclic amines) is 1. The topological polar surface area (TPSA) is 66.8 Å². The molecule has 0 aromatic heterocycles. The molecule has 5 nitrogen and oxygen atoms in total. The van der Waals surface area contributed by atoms with Crippen molar-refractivity contribution < 1.29 is 19.4 Å². The van der Waals surface area contributed by atoms with Crippen molar-refractivity contribution in [3.8, 4) is 0 Å². The Hall–Kier alpha value is -1.88. The summed E-state index contributed by atoms with van der Waals surface area (Å²) in [6.07, 6.45) is 4.31. The van der Waals surface area contributed by atoms with E-state index in [1.165, 1.54) is 0 Å². The Kier molecular flexibility index (Phi) is 4.63. The van der Waals surface area contributed by atoms with Crippen LogP contribution in [-0.4, -0.2) is 47.7 Å². The normalized spacial score (nSPS) is 21.8. The predicted octanol–water partition coefficient (Wildman–Crippen LogP) is 2.59. The van der Waals surface area contributed by atoms with E-state index in [1.807, 2.05) is 35.2 Å². The summed E-state index contributed by atoms with van der Waals surface area (Å²) in [6.45, 7) is 0.972. The molecule has 2 aliphatic rings. The molecule has 1 aromatic rings. The molecule has 0 unspecified atom stereocenters. The number of carbonyl (C=O) groups excluding carboxylic acids is 1. The maximum absolute atomic E-state index is 12.6. The van der Waals surface area contributed by atoms with Crippen molar-refractivity contribution in [1.29, 1.82) is 0 Å². The number of ether oxygens (including phenoxy) is 1. The monoisotopic (exact) mass is 331 g/mol. The molecule has 0 radical (unpaired) electrons. The SMILES string of the molecule is COC1(CC(=O)N2CCC(C(=O)O)(c3ccccc3)CC2)CCC1. The van der Waals surface area contributed by atoms with E-state index in [-0.39, 0.29) is 11.5 Å². The Morgan fingerprint density at radius 3 is 2.21 bits per heavy atom. The molecule has 3 rings (SSSR count).